The summed E-state index contributed by atoms with van der Waals surface area (Å²) >= 11 is 0. The van der Waals surface area contributed by atoms with E-state index in [4.69, 9.17) is 4.74 Å². The summed E-state index contributed by atoms with van der Waals surface area (Å²) in [6.07, 6.45) is 1.73. The summed E-state index contributed by atoms with van der Waals surface area (Å²) in [5, 5.41) is 3.26. The van der Waals surface area contributed by atoms with E-state index >= 15 is 0 Å². The molecule has 2 saturated heterocycles. The molecule has 1 N–H and O–H groups in total. The summed E-state index contributed by atoms with van der Waals surface area (Å²) in [4.78, 5) is 12.8. The molecule has 0 saturated carbocycles. The van der Waals surface area contributed by atoms with Crippen molar-refractivity contribution in [3.63, 3.8) is 0 Å². The number of rotatable bonds is 0. The zero-order valence-corrected chi connectivity index (χ0v) is 7.30. The van der Waals surface area contributed by atoms with Crippen LogP contribution in [0, 0.1) is 0 Å². The third-order valence-electron chi connectivity index (χ3n) is 2.66. The van der Waals surface area contributed by atoms with E-state index in [1.54, 1.807) is 11.9 Å². The average Bonchev–Trinajstić information content (AvgIpc) is 2.29. The molecular formula is C8H14N2O2. The SMILES string of the molecule is CN1CC2(CCNCC2)OC1=O. The highest BCUT2D eigenvalue weighted by Crippen LogP contribution is 2.29. The second-order valence-corrected chi connectivity index (χ2v) is 3.66. The molecule has 0 aromatic carbocycles. The van der Waals surface area contributed by atoms with E-state index in [1.807, 2.05) is 0 Å². The molecule has 2 heterocycles. The third-order valence-corrected chi connectivity index (χ3v) is 2.66. The van der Waals surface area contributed by atoms with Crippen molar-refractivity contribution in [3.8, 4) is 0 Å². The Balaban J connectivity index is 2.07. The number of hydrogen-bond donors (Lipinski definition) is 1. The van der Waals surface area contributed by atoms with Crippen LogP contribution in [0.15, 0.2) is 0 Å². The van der Waals surface area contributed by atoms with Gasteiger partial charge in [0.15, 0.2) is 0 Å². The van der Waals surface area contributed by atoms with Crippen molar-refractivity contribution in [3.05, 3.63) is 0 Å². The maximum Gasteiger partial charge on any atom is 0.410 e. The maximum atomic E-state index is 11.1. The van der Waals surface area contributed by atoms with Crippen LogP contribution in [0.5, 0.6) is 0 Å². The Morgan fingerprint density at radius 2 is 2.17 bits per heavy atom. The molecular weight excluding hydrogens is 156 g/mol. The second-order valence-electron chi connectivity index (χ2n) is 3.66. The van der Waals surface area contributed by atoms with Crippen molar-refractivity contribution in [2.24, 2.45) is 0 Å². The Kier molecular flexibility index (Phi) is 1.72. The van der Waals surface area contributed by atoms with Gasteiger partial charge in [0.25, 0.3) is 0 Å². The summed E-state index contributed by atoms with van der Waals surface area (Å²) in [6, 6.07) is 0. The number of nitrogens with one attached hydrogen (secondary N) is 1. The minimum absolute atomic E-state index is 0.170. The number of carbonyl (C=O) groups excluding carboxylic acids is 1. The molecule has 2 rings (SSSR count). The zero-order valence-electron chi connectivity index (χ0n) is 7.30. The fourth-order valence-corrected chi connectivity index (χ4v) is 1.93. The fraction of sp³-hybridized carbons (Fsp3) is 0.875. The molecule has 2 fully saturated rings. The molecule has 0 unspecified atom stereocenters. The van der Waals surface area contributed by atoms with Crippen LogP contribution in [0.3, 0.4) is 0 Å². The van der Waals surface area contributed by atoms with E-state index in [-0.39, 0.29) is 11.7 Å². The summed E-state index contributed by atoms with van der Waals surface area (Å²) in [5.41, 5.74) is -0.170. The predicted octanol–water partition coefficient (Wildman–Crippen LogP) is 0.191. The lowest BCUT2D eigenvalue weighted by molar-refractivity contribution is 0.0316. The first-order valence-corrected chi connectivity index (χ1v) is 4.37. The standard InChI is InChI=1S/C8H14N2O2/c1-10-6-8(12-7(10)11)2-4-9-5-3-8/h9H,2-6H2,1H3. The molecule has 1 amide bonds. The van der Waals surface area contributed by atoms with Gasteiger partial charge in [0.2, 0.25) is 0 Å². The number of carbonyl (C=O) groups is 1. The van der Waals surface area contributed by atoms with E-state index in [2.05, 4.69) is 5.32 Å². The molecule has 0 bridgehead atoms. The first-order valence-electron chi connectivity index (χ1n) is 4.37. The summed E-state index contributed by atoms with van der Waals surface area (Å²) in [7, 11) is 1.79. The van der Waals surface area contributed by atoms with Gasteiger partial charge in [-0.25, -0.2) is 4.79 Å². The van der Waals surface area contributed by atoms with Crippen LogP contribution in [0.25, 0.3) is 0 Å². The molecule has 4 heteroatoms. The molecule has 4 nitrogen and oxygen atoms in total. The molecule has 12 heavy (non-hydrogen) atoms. The van der Waals surface area contributed by atoms with Crippen molar-refractivity contribution in [2.45, 2.75) is 18.4 Å². The van der Waals surface area contributed by atoms with E-state index in [9.17, 15) is 4.79 Å². The molecule has 1 spiro atoms. The molecule has 0 aromatic heterocycles. The van der Waals surface area contributed by atoms with E-state index in [1.165, 1.54) is 0 Å². The minimum Gasteiger partial charge on any atom is -0.441 e. The molecule has 0 aromatic rings. The highest BCUT2D eigenvalue weighted by Gasteiger charge is 2.43. The van der Waals surface area contributed by atoms with Gasteiger partial charge in [-0.1, -0.05) is 0 Å². The van der Waals surface area contributed by atoms with Crippen LogP contribution in [0.4, 0.5) is 4.79 Å². The highest BCUT2D eigenvalue weighted by atomic mass is 16.6. The molecule has 2 aliphatic rings. The number of likely N-dealkylation sites (N-methyl/N-ethyl adjacent to an activating group) is 1. The number of hydrogen-bond acceptors (Lipinski definition) is 3. The number of amides is 1. The third kappa shape index (κ3) is 1.16. The van der Waals surface area contributed by atoms with Gasteiger partial charge < -0.3 is 15.0 Å². The van der Waals surface area contributed by atoms with Gasteiger partial charge in [-0.3, -0.25) is 0 Å². The Morgan fingerprint density at radius 1 is 1.50 bits per heavy atom. The van der Waals surface area contributed by atoms with Crippen LogP contribution in [-0.2, 0) is 4.74 Å². The van der Waals surface area contributed by atoms with Gasteiger partial charge in [0.05, 0.1) is 6.54 Å². The van der Waals surface area contributed by atoms with Gasteiger partial charge in [-0.15, -0.1) is 0 Å². The topological polar surface area (TPSA) is 41.6 Å². The minimum atomic E-state index is -0.170. The monoisotopic (exact) mass is 170 g/mol. The van der Waals surface area contributed by atoms with Crippen LogP contribution >= 0.6 is 0 Å². The lowest BCUT2D eigenvalue weighted by atomic mass is 9.93. The van der Waals surface area contributed by atoms with Crippen LogP contribution in [0.1, 0.15) is 12.8 Å². The van der Waals surface area contributed by atoms with Gasteiger partial charge in [-0.2, -0.15) is 0 Å². The average molecular weight is 170 g/mol. The predicted molar refractivity (Wildman–Crippen MR) is 43.9 cm³/mol. The van der Waals surface area contributed by atoms with Crippen LogP contribution in [-0.4, -0.2) is 43.3 Å². The van der Waals surface area contributed by atoms with Gasteiger partial charge >= 0.3 is 6.09 Å². The molecule has 2 aliphatic heterocycles. The summed E-state index contributed by atoms with van der Waals surface area (Å²) in [6.45, 7) is 2.68. The number of ether oxygens (including phenoxy) is 1. The largest absolute Gasteiger partial charge is 0.441 e. The van der Waals surface area contributed by atoms with E-state index in [0.29, 0.717) is 0 Å². The molecule has 68 valence electrons. The first kappa shape index (κ1) is 7.86. The van der Waals surface area contributed by atoms with Gasteiger partial charge in [0.1, 0.15) is 5.60 Å². The molecule has 0 aliphatic carbocycles. The van der Waals surface area contributed by atoms with Crippen molar-refractivity contribution in [1.82, 2.24) is 10.2 Å². The Labute approximate surface area is 71.9 Å². The lowest BCUT2D eigenvalue weighted by Gasteiger charge is -2.30. The van der Waals surface area contributed by atoms with Crippen LogP contribution < -0.4 is 5.32 Å². The smallest absolute Gasteiger partial charge is 0.410 e. The van der Waals surface area contributed by atoms with Crippen molar-refractivity contribution in [1.29, 1.82) is 0 Å². The molecule has 0 atom stereocenters. The van der Waals surface area contributed by atoms with E-state index < -0.39 is 0 Å². The summed E-state index contributed by atoms with van der Waals surface area (Å²) < 4.78 is 5.35. The number of piperidine rings is 1. The van der Waals surface area contributed by atoms with Gasteiger partial charge in [-0.05, 0) is 13.1 Å². The zero-order chi connectivity index (χ0) is 8.60. The maximum absolute atomic E-state index is 11.1. The van der Waals surface area contributed by atoms with Crippen molar-refractivity contribution >= 4 is 6.09 Å². The lowest BCUT2D eigenvalue weighted by Crippen LogP contribution is -2.44. The quantitative estimate of drug-likeness (QED) is 0.564. The Bertz CT molecular complexity index is 199. The van der Waals surface area contributed by atoms with E-state index in [0.717, 1.165) is 32.5 Å². The van der Waals surface area contributed by atoms with Crippen molar-refractivity contribution in [2.75, 3.05) is 26.7 Å². The summed E-state index contributed by atoms with van der Waals surface area (Å²) in [5.74, 6) is 0. The second kappa shape index (κ2) is 2.62. The Hall–Kier alpha value is -0.770. The number of nitrogens with zero attached hydrogens (tertiary/aromatic N) is 1. The normalized spacial score (nSPS) is 27.8. The Morgan fingerprint density at radius 3 is 2.67 bits per heavy atom. The first-order chi connectivity index (χ1) is 5.72. The molecule has 0 radical (unpaired) electrons. The van der Waals surface area contributed by atoms with Crippen LogP contribution in [0.2, 0.25) is 0 Å². The van der Waals surface area contributed by atoms with Gasteiger partial charge in [0, 0.05) is 19.9 Å². The van der Waals surface area contributed by atoms with Crippen molar-refractivity contribution < 1.29 is 9.53 Å². The fourth-order valence-electron chi connectivity index (χ4n) is 1.93. The highest BCUT2D eigenvalue weighted by molar-refractivity contribution is 5.70.